The van der Waals surface area contributed by atoms with Gasteiger partial charge in [-0.3, -0.25) is 9.79 Å². The molecule has 1 rings (SSSR count). The Bertz CT molecular complexity index is 542. The molecule has 8 heteroatoms. The number of carbonyl (C=O) groups is 2. The number of hydrogen-bond acceptors (Lipinski definition) is 4. The Balaban J connectivity index is 2.80. The number of nitrogens with zero attached hydrogens (tertiary/aromatic N) is 2. The molecule has 0 aromatic carbocycles. The van der Waals surface area contributed by atoms with Crippen molar-refractivity contribution < 1.29 is 14.3 Å². The molecule has 0 aromatic rings. The average molecular weight is 412 g/mol. The first kappa shape index (κ1) is 25.0. The summed E-state index contributed by atoms with van der Waals surface area (Å²) >= 11 is 0. The SMILES string of the molecule is CCNC(=NCC1(C(=O)N(C)C)CCCC1)NCC(CC(C)C)NC(=O)OCC. The zero-order valence-corrected chi connectivity index (χ0v) is 19.1. The molecule has 0 saturated heterocycles. The van der Waals surface area contributed by atoms with Crippen molar-refractivity contribution in [2.75, 3.05) is 40.3 Å². The molecule has 1 aliphatic carbocycles. The number of carbonyl (C=O) groups excluding carboxylic acids is 2. The van der Waals surface area contributed by atoms with Crippen LogP contribution in [0.3, 0.4) is 0 Å². The summed E-state index contributed by atoms with van der Waals surface area (Å²) in [7, 11) is 3.63. The van der Waals surface area contributed by atoms with Crippen molar-refractivity contribution in [1.29, 1.82) is 0 Å². The minimum absolute atomic E-state index is 0.0678. The molecule has 2 amide bonds. The van der Waals surface area contributed by atoms with Crippen molar-refractivity contribution in [2.24, 2.45) is 16.3 Å². The van der Waals surface area contributed by atoms with Crippen molar-refractivity contribution in [3.8, 4) is 0 Å². The third kappa shape index (κ3) is 8.50. The number of nitrogens with one attached hydrogen (secondary N) is 3. The largest absolute Gasteiger partial charge is 0.450 e. The second kappa shape index (κ2) is 12.5. The lowest BCUT2D eigenvalue weighted by molar-refractivity contribution is -0.138. The van der Waals surface area contributed by atoms with E-state index < -0.39 is 11.5 Å². The van der Waals surface area contributed by atoms with E-state index in [-0.39, 0.29) is 11.9 Å². The van der Waals surface area contributed by atoms with Crippen LogP contribution in [0.15, 0.2) is 4.99 Å². The highest BCUT2D eigenvalue weighted by Crippen LogP contribution is 2.39. The van der Waals surface area contributed by atoms with Crippen molar-refractivity contribution in [2.45, 2.75) is 65.8 Å². The standard InChI is InChI=1S/C21H41N5O3/c1-7-22-19(23-14-17(13-16(3)4)25-20(28)29-8-2)24-15-21(11-9-10-12-21)18(27)26(5)6/h16-17H,7-15H2,1-6H3,(H,25,28)(H2,22,23,24). The van der Waals surface area contributed by atoms with E-state index in [1.807, 2.05) is 21.0 Å². The maximum absolute atomic E-state index is 12.8. The van der Waals surface area contributed by atoms with Gasteiger partial charge in [-0.05, 0) is 39.0 Å². The number of guanidine groups is 1. The summed E-state index contributed by atoms with van der Waals surface area (Å²) < 4.78 is 5.02. The fourth-order valence-corrected chi connectivity index (χ4v) is 3.86. The van der Waals surface area contributed by atoms with Crippen LogP contribution < -0.4 is 16.0 Å². The zero-order chi connectivity index (χ0) is 21.9. The van der Waals surface area contributed by atoms with Gasteiger partial charge in [0.25, 0.3) is 0 Å². The Labute approximate surface area is 176 Å². The van der Waals surface area contributed by atoms with Gasteiger partial charge in [0.1, 0.15) is 0 Å². The fourth-order valence-electron chi connectivity index (χ4n) is 3.86. The highest BCUT2D eigenvalue weighted by Gasteiger charge is 2.42. The molecule has 3 N–H and O–H groups in total. The van der Waals surface area contributed by atoms with Gasteiger partial charge in [-0.15, -0.1) is 0 Å². The lowest BCUT2D eigenvalue weighted by Gasteiger charge is -2.29. The van der Waals surface area contributed by atoms with E-state index in [0.717, 1.165) is 38.6 Å². The number of hydrogen-bond donors (Lipinski definition) is 3. The molecule has 0 heterocycles. The molecular formula is C21H41N5O3. The van der Waals surface area contributed by atoms with Crippen LogP contribution in [0.25, 0.3) is 0 Å². The van der Waals surface area contributed by atoms with Gasteiger partial charge in [0.15, 0.2) is 5.96 Å². The van der Waals surface area contributed by atoms with Gasteiger partial charge in [0.2, 0.25) is 5.91 Å². The molecule has 1 saturated carbocycles. The molecule has 1 unspecified atom stereocenters. The first-order chi connectivity index (χ1) is 13.7. The van der Waals surface area contributed by atoms with Crippen molar-refractivity contribution in [3.05, 3.63) is 0 Å². The molecule has 0 aliphatic heterocycles. The van der Waals surface area contributed by atoms with Crippen LogP contribution in [0.1, 0.15) is 59.8 Å². The Morgan fingerprint density at radius 2 is 1.79 bits per heavy atom. The second-order valence-electron chi connectivity index (χ2n) is 8.45. The van der Waals surface area contributed by atoms with Crippen molar-refractivity contribution in [1.82, 2.24) is 20.9 Å². The molecular weight excluding hydrogens is 370 g/mol. The van der Waals surface area contributed by atoms with E-state index >= 15 is 0 Å². The van der Waals surface area contributed by atoms with Gasteiger partial charge in [0, 0.05) is 33.2 Å². The van der Waals surface area contributed by atoms with Crippen LogP contribution >= 0.6 is 0 Å². The smallest absolute Gasteiger partial charge is 0.407 e. The molecule has 0 aromatic heterocycles. The number of rotatable bonds is 10. The van der Waals surface area contributed by atoms with E-state index in [9.17, 15) is 9.59 Å². The quantitative estimate of drug-likeness (QED) is 0.379. The molecule has 8 nitrogen and oxygen atoms in total. The molecule has 1 atom stereocenters. The minimum Gasteiger partial charge on any atom is -0.450 e. The number of amides is 2. The molecule has 168 valence electrons. The van der Waals surface area contributed by atoms with Crippen LogP contribution in [0.4, 0.5) is 4.79 Å². The summed E-state index contributed by atoms with van der Waals surface area (Å²) in [6, 6.07) is -0.0678. The van der Waals surface area contributed by atoms with E-state index in [1.165, 1.54) is 0 Å². The molecule has 29 heavy (non-hydrogen) atoms. The number of aliphatic imine (C=N–C) groups is 1. The molecule has 0 bridgehead atoms. The Kier molecular flexibility index (Phi) is 10.8. The summed E-state index contributed by atoms with van der Waals surface area (Å²) in [6.45, 7) is 10.1. The number of alkyl carbamates (subject to hydrolysis) is 1. The van der Waals surface area contributed by atoms with Crippen LogP contribution in [0.2, 0.25) is 0 Å². The maximum atomic E-state index is 12.8. The highest BCUT2D eigenvalue weighted by molar-refractivity contribution is 5.84. The summed E-state index contributed by atoms with van der Waals surface area (Å²) in [5.41, 5.74) is -0.396. The van der Waals surface area contributed by atoms with Crippen LogP contribution in [0.5, 0.6) is 0 Å². The lowest BCUT2D eigenvalue weighted by atomic mass is 9.85. The first-order valence-corrected chi connectivity index (χ1v) is 10.9. The number of ether oxygens (including phenoxy) is 1. The summed E-state index contributed by atoms with van der Waals surface area (Å²) in [5.74, 6) is 1.27. The molecule has 1 fully saturated rings. The predicted octanol–water partition coefficient (Wildman–Crippen LogP) is 2.35. The summed E-state index contributed by atoms with van der Waals surface area (Å²) in [5, 5.41) is 9.49. The Morgan fingerprint density at radius 3 is 2.31 bits per heavy atom. The second-order valence-corrected chi connectivity index (χ2v) is 8.45. The predicted molar refractivity (Wildman–Crippen MR) is 117 cm³/mol. The normalized spacial score (nSPS) is 17.0. The monoisotopic (exact) mass is 411 g/mol. The van der Waals surface area contributed by atoms with Crippen LogP contribution in [-0.2, 0) is 9.53 Å². The lowest BCUT2D eigenvalue weighted by Crippen LogP contribution is -2.48. The molecule has 0 spiro atoms. The van der Waals surface area contributed by atoms with Gasteiger partial charge < -0.3 is 25.6 Å². The summed E-state index contributed by atoms with van der Waals surface area (Å²) in [4.78, 5) is 31.0. The third-order valence-electron chi connectivity index (χ3n) is 5.17. The minimum atomic E-state index is -0.400. The Morgan fingerprint density at radius 1 is 1.14 bits per heavy atom. The van der Waals surface area contributed by atoms with Crippen LogP contribution in [-0.4, -0.2) is 69.2 Å². The van der Waals surface area contributed by atoms with Gasteiger partial charge in [-0.2, -0.15) is 0 Å². The zero-order valence-electron chi connectivity index (χ0n) is 19.1. The van der Waals surface area contributed by atoms with Crippen molar-refractivity contribution >= 4 is 18.0 Å². The van der Waals surface area contributed by atoms with Gasteiger partial charge in [-0.1, -0.05) is 26.7 Å². The first-order valence-electron chi connectivity index (χ1n) is 10.9. The molecule has 0 radical (unpaired) electrons. The summed E-state index contributed by atoms with van der Waals surface area (Å²) in [6.07, 6.45) is 4.33. The van der Waals surface area contributed by atoms with Gasteiger partial charge in [0.05, 0.1) is 18.6 Å². The topological polar surface area (TPSA) is 95.1 Å². The third-order valence-corrected chi connectivity index (χ3v) is 5.17. The maximum Gasteiger partial charge on any atom is 0.407 e. The molecule has 1 aliphatic rings. The van der Waals surface area contributed by atoms with Crippen LogP contribution in [0, 0.1) is 11.3 Å². The van der Waals surface area contributed by atoms with E-state index in [4.69, 9.17) is 9.73 Å². The van der Waals surface area contributed by atoms with Crippen molar-refractivity contribution in [3.63, 3.8) is 0 Å². The Hall–Kier alpha value is -1.99. The fraction of sp³-hybridized carbons (Fsp3) is 0.857. The average Bonchev–Trinajstić information content (AvgIpc) is 3.12. The van der Waals surface area contributed by atoms with Gasteiger partial charge in [-0.25, -0.2) is 4.79 Å². The van der Waals surface area contributed by atoms with Gasteiger partial charge >= 0.3 is 6.09 Å². The highest BCUT2D eigenvalue weighted by atomic mass is 16.5. The van der Waals surface area contributed by atoms with E-state index in [1.54, 1.807) is 11.8 Å². The van der Waals surface area contributed by atoms with E-state index in [0.29, 0.717) is 31.6 Å². The van der Waals surface area contributed by atoms with E-state index in [2.05, 4.69) is 29.8 Å².